The third-order valence-electron chi connectivity index (χ3n) is 4.13. The highest BCUT2D eigenvalue weighted by Crippen LogP contribution is 2.28. The van der Waals surface area contributed by atoms with Crippen molar-refractivity contribution in [2.24, 2.45) is 0 Å². The number of ether oxygens (including phenoxy) is 1. The van der Waals surface area contributed by atoms with Crippen LogP contribution in [-0.4, -0.2) is 86.8 Å². The van der Waals surface area contributed by atoms with Gasteiger partial charge in [-0.25, -0.2) is 0 Å². The number of piperazine rings is 1. The number of para-hydroxylation sites is 2. The van der Waals surface area contributed by atoms with Crippen LogP contribution in [0.2, 0.25) is 0 Å². The van der Waals surface area contributed by atoms with Crippen LogP contribution < -0.4 is 9.64 Å². The van der Waals surface area contributed by atoms with Gasteiger partial charge in [0.25, 0.3) is 0 Å². The Morgan fingerprint density at radius 2 is 1.88 bits per heavy atom. The molecule has 1 aromatic rings. The third-order valence-corrected chi connectivity index (χ3v) is 5.07. The van der Waals surface area contributed by atoms with Gasteiger partial charge in [-0.1, -0.05) is 12.1 Å². The van der Waals surface area contributed by atoms with E-state index < -0.39 is 16.4 Å². The van der Waals surface area contributed by atoms with Crippen LogP contribution in [0.4, 0.5) is 5.69 Å². The molecule has 8 nitrogen and oxygen atoms in total. The van der Waals surface area contributed by atoms with Crippen molar-refractivity contribution in [2.75, 3.05) is 58.3 Å². The lowest BCUT2D eigenvalue weighted by Gasteiger charge is -2.37. The van der Waals surface area contributed by atoms with Crippen LogP contribution in [0.1, 0.15) is 0 Å². The molecule has 0 saturated carbocycles. The molecule has 2 N–H and O–H groups in total. The molecule has 0 radical (unpaired) electrons. The number of nitrogens with zero attached hydrogens (tertiary/aromatic N) is 3. The van der Waals surface area contributed by atoms with Gasteiger partial charge in [0.2, 0.25) is 0 Å². The minimum Gasteiger partial charge on any atom is -0.495 e. The number of hydrogen-bond acceptors (Lipinski definition) is 6. The molecule has 0 amide bonds. The van der Waals surface area contributed by atoms with Gasteiger partial charge < -0.3 is 14.7 Å². The Bertz CT molecular complexity index is 632. The highest BCUT2D eigenvalue weighted by atomic mass is 32.2. The second kappa shape index (κ2) is 8.13. The van der Waals surface area contributed by atoms with Gasteiger partial charge in [-0.15, -0.1) is 0 Å². The number of likely N-dealkylation sites (N-methyl/N-ethyl adjacent to an activating group) is 1. The van der Waals surface area contributed by atoms with Crippen molar-refractivity contribution in [3.05, 3.63) is 24.3 Å². The van der Waals surface area contributed by atoms with Gasteiger partial charge in [-0.3, -0.25) is 9.45 Å². The van der Waals surface area contributed by atoms with Crippen LogP contribution in [0, 0.1) is 0 Å². The Morgan fingerprint density at radius 1 is 1.25 bits per heavy atom. The smallest absolute Gasteiger partial charge is 0.335 e. The molecular weight excluding hydrogens is 334 g/mol. The van der Waals surface area contributed by atoms with Crippen molar-refractivity contribution < 1.29 is 22.8 Å². The Balaban J connectivity index is 1.84. The highest BCUT2D eigenvalue weighted by molar-refractivity contribution is 7.83. The van der Waals surface area contributed by atoms with E-state index in [0.717, 1.165) is 41.9 Å². The molecule has 0 aliphatic carbocycles. The maximum Gasteiger partial charge on any atom is 0.335 e. The maximum atomic E-state index is 11.0. The first-order chi connectivity index (χ1) is 11.3. The summed E-state index contributed by atoms with van der Waals surface area (Å²) in [6.07, 6.45) is -0.852. The molecule has 1 unspecified atom stereocenters. The molecule has 1 atom stereocenters. The lowest BCUT2D eigenvalue weighted by atomic mass is 10.2. The van der Waals surface area contributed by atoms with Gasteiger partial charge in [-0.05, 0) is 12.1 Å². The van der Waals surface area contributed by atoms with Crippen LogP contribution in [0.5, 0.6) is 5.75 Å². The number of methoxy groups -OCH3 is 1. The maximum absolute atomic E-state index is 11.0. The van der Waals surface area contributed by atoms with E-state index in [1.54, 1.807) is 7.11 Å². The zero-order valence-electron chi connectivity index (χ0n) is 14.0. The van der Waals surface area contributed by atoms with E-state index in [-0.39, 0.29) is 6.54 Å². The van der Waals surface area contributed by atoms with Gasteiger partial charge in [0.15, 0.2) is 0 Å². The number of aliphatic hydroxyl groups is 1. The van der Waals surface area contributed by atoms with Crippen LogP contribution in [0.25, 0.3) is 0 Å². The van der Waals surface area contributed by atoms with E-state index >= 15 is 0 Å². The Hall–Kier alpha value is -1.39. The summed E-state index contributed by atoms with van der Waals surface area (Å²) >= 11 is 0. The van der Waals surface area contributed by atoms with E-state index in [2.05, 4.69) is 9.80 Å². The van der Waals surface area contributed by atoms with Gasteiger partial charge in [0, 0.05) is 46.3 Å². The lowest BCUT2D eigenvalue weighted by Crippen LogP contribution is -2.50. The molecule has 0 spiro atoms. The fraction of sp³-hybridized carbons (Fsp3) is 0.600. The third kappa shape index (κ3) is 5.05. The summed E-state index contributed by atoms with van der Waals surface area (Å²) in [5.74, 6) is 0.834. The van der Waals surface area contributed by atoms with Crippen molar-refractivity contribution in [1.82, 2.24) is 9.21 Å². The molecule has 0 bridgehead atoms. The topological polar surface area (TPSA) is 93.5 Å². The molecule has 0 aromatic heterocycles. The molecule has 1 heterocycles. The van der Waals surface area contributed by atoms with E-state index in [1.807, 2.05) is 24.3 Å². The normalized spacial score (nSPS) is 18.0. The summed E-state index contributed by atoms with van der Waals surface area (Å²) in [4.78, 5) is 4.31. The molecule has 1 aromatic carbocycles. The van der Waals surface area contributed by atoms with Crippen LogP contribution in [0.15, 0.2) is 24.3 Å². The van der Waals surface area contributed by atoms with E-state index in [4.69, 9.17) is 9.29 Å². The van der Waals surface area contributed by atoms with Crippen LogP contribution >= 0.6 is 0 Å². The molecule has 24 heavy (non-hydrogen) atoms. The number of aliphatic hydroxyl groups excluding tert-OH is 1. The molecule has 1 aliphatic heterocycles. The van der Waals surface area contributed by atoms with Crippen molar-refractivity contribution >= 4 is 16.0 Å². The van der Waals surface area contributed by atoms with Gasteiger partial charge in [0.1, 0.15) is 5.75 Å². The van der Waals surface area contributed by atoms with Gasteiger partial charge >= 0.3 is 10.3 Å². The summed E-state index contributed by atoms with van der Waals surface area (Å²) in [5.41, 5.74) is 1.05. The first-order valence-corrected chi connectivity index (χ1v) is 9.18. The van der Waals surface area contributed by atoms with Crippen molar-refractivity contribution in [3.8, 4) is 5.75 Å². The molecule has 1 fully saturated rings. The van der Waals surface area contributed by atoms with Crippen molar-refractivity contribution in [2.45, 2.75) is 6.10 Å². The summed E-state index contributed by atoms with van der Waals surface area (Å²) in [6, 6.07) is 7.85. The van der Waals surface area contributed by atoms with E-state index in [1.165, 1.54) is 7.05 Å². The zero-order chi connectivity index (χ0) is 17.7. The SMILES string of the molecule is COc1ccccc1N1CCN(CC(O)CN(C)S(=O)(=O)O)CC1. The second-order valence-electron chi connectivity index (χ2n) is 5.87. The summed E-state index contributed by atoms with van der Waals surface area (Å²) in [5, 5.41) is 10.0. The first kappa shape index (κ1) is 18.9. The summed E-state index contributed by atoms with van der Waals surface area (Å²) in [7, 11) is -1.37. The molecule has 2 rings (SSSR count). The predicted octanol–water partition coefficient (Wildman–Crippen LogP) is -0.0873. The number of anilines is 1. The minimum atomic E-state index is -4.26. The lowest BCUT2D eigenvalue weighted by molar-refractivity contribution is 0.0941. The standard InChI is InChI=1S/C15H25N3O5S/c1-16(24(20,21)22)11-13(19)12-17-7-9-18(10-8-17)14-5-3-4-6-15(14)23-2/h3-6,13,19H,7-12H2,1-2H3,(H,20,21,22). The number of β-amino-alcohol motifs (C(OH)–C–C–N with tert-alkyl or cyclic N) is 1. The molecule has 1 aliphatic rings. The quantitative estimate of drug-likeness (QED) is 0.657. The van der Waals surface area contributed by atoms with Crippen molar-refractivity contribution in [1.29, 1.82) is 0 Å². The zero-order valence-corrected chi connectivity index (χ0v) is 14.8. The van der Waals surface area contributed by atoms with Gasteiger partial charge in [-0.2, -0.15) is 12.7 Å². The van der Waals surface area contributed by atoms with Crippen LogP contribution in [-0.2, 0) is 10.3 Å². The molecule has 136 valence electrons. The number of hydrogen-bond donors (Lipinski definition) is 2. The average Bonchev–Trinajstić information content (AvgIpc) is 2.54. The molecule has 1 saturated heterocycles. The minimum absolute atomic E-state index is 0.133. The molecule has 9 heteroatoms. The van der Waals surface area contributed by atoms with E-state index in [9.17, 15) is 13.5 Å². The monoisotopic (exact) mass is 359 g/mol. The fourth-order valence-electron chi connectivity index (χ4n) is 2.81. The predicted molar refractivity (Wildman–Crippen MR) is 91.8 cm³/mol. The fourth-order valence-corrected chi connectivity index (χ4v) is 3.17. The summed E-state index contributed by atoms with van der Waals surface area (Å²) in [6.45, 7) is 3.32. The Kier molecular flexibility index (Phi) is 6.41. The first-order valence-electron chi connectivity index (χ1n) is 7.78. The van der Waals surface area contributed by atoms with Crippen molar-refractivity contribution in [3.63, 3.8) is 0 Å². The Labute approximate surface area is 143 Å². The Morgan fingerprint density at radius 3 is 2.46 bits per heavy atom. The van der Waals surface area contributed by atoms with E-state index in [0.29, 0.717) is 6.54 Å². The average molecular weight is 359 g/mol. The molecular formula is C15H25N3O5S. The number of rotatable bonds is 7. The van der Waals surface area contributed by atoms with Gasteiger partial charge in [0.05, 0.1) is 18.9 Å². The second-order valence-corrected chi connectivity index (χ2v) is 7.39. The largest absolute Gasteiger partial charge is 0.495 e. The number of benzene rings is 1. The highest BCUT2D eigenvalue weighted by Gasteiger charge is 2.23. The van der Waals surface area contributed by atoms with Crippen LogP contribution in [0.3, 0.4) is 0 Å². The summed E-state index contributed by atoms with van der Waals surface area (Å²) < 4.78 is 36.9.